The second-order valence-corrected chi connectivity index (χ2v) is 6.72. The molecule has 0 amide bonds. The third-order valence-electron chi connectivity index (χ3n) is 5.01. The van der Waals surface area contributed by atoms with Gasteiger partial charge in [0.05, 0.1) is 16.9 Å². The average Bonchev–Trinajstić information content (AvgIpc) is 3.32. The molecule has 0 saturated carbocycles. The normalized spacial score (nSPS) is 17.5. The summed E-state index contributed by atoms with van der Waals surface area (Å²) in [5, 5.41) is 13.5. The molecule has 1 N–H and O–H groups in total. The van der Waals surface area contributed by atoms with Crippen LogP contribution in [0.1, 0.15) is 34.0 Å². The average molecular weight is 347 g/mol. The van der Waals surface area contributed by atoms with E-state index in [2.05, 4.69) is 28.2 Å². The lowest BCUT2D eigenvalue weighted by atomic mass is 9.97. The van der Waals surface area contributed by atoms with Gasteiger partial charge in [0.25, 0.3) is 0 Å². The predicted octanol–water partition coefficient (Wildman–Crippen LogP) is 3.56. The third kappa shape index (κ3) is 3.39. The van der Waals surface area contributed by atoms with Crippen molar-refractivity contribution in [1.29, 1.82) is 0 Å². The van der Waals surface area contributed by atoms with Crippen molar-refractivity contribution in [2.75, 3.05) is 13.1 Å². The van der Waals surface area contributed by atoms with Gasteiger partial charge in [-0.3, -0.25) is 4.90 Å². The Morgan fingerprint density at radius 2 is 1.85 bits per heavy atom. The lowest BCUT2D eigenvalue weighted by molar-refractivity contribution is 0.0697. The van der Waals surface area contributed by atoms with Crippen LogP contribution in [0.15, 0.2) is 66.9 Å². The highest BCUT2D eigenvalue weighted by Gasteiger charge is 2.25. The number of para-hydroxylation sites is 1. The summed E-state index contributed by atoms with van der Waals surface area (Å²) in [7, 11) is 0. The molecule has 0 aliphatic carbocycles. The van der Waals surface area contributed by atoms with Crippen LogP contribution in [0, 0.1) is 0 Å². The Labute approximate surface area is 152 Å². The van der Waals surface area contributed by atoms with E-state index < -0.39 is 5.97 Å². The summed E-state index contributed by atoms with van der Waals surface area (Å²) in [6.45, 7) is 2.87. The first-order valence-electron chi connectivity index (χ1n) is 8.84. The molecule has 0 unspecified atom stereocenters. The van der Waals surface area contributed by atoms with Crippen molar-refractivity contribution >= 4 is 5.97 Å². The molecule has 1 aliphatic heterocycles. The molecule has 1 aromatic heterocycles. The van der Waals surface area contributed by atoms with Crippen molar-refractivity contribution in [2.24, 2.45) is 0 Å². The molecule has 4 rings (SSSR count). The highest BCUT2D eigenvalue weighted by molar-refractivity contribution is 5.87. The Morgan fingerprint density at radius 1 is 1.08 bits per heavy atom. The molecule has 26 heavy (non-hydrogen) atoms. The summed E-state index contributed by atoms with van der Waals surface area (Å²) < 4.78 is 2.00. The number of aromatic nitrogens is 2. The molecule has 0 spiro atoms. The second kappa shape index (κ2) is 7.14. The van der Waals surface area contributed by atoms with Crippen molar-refractivity contribution in [3.63, 3.8) is 0 Å². The van der Waals surface area contributed by atoms with E-state index in [1.165, 1.54) is 11.3 Å². The van der Waals surface area contributed by atoms with Gasteiger partial charge < -0.3 is 5.11 Å². The van der Waals surface area contributed by atoms with Crippen LogP contribution in [0.3, 0.4) is 0 Å². The Morgan fingerprint density at radius 3 is 2.58 bits per heavy atom. The summed E-state index contributed by atoms with van der Waals surface area (Å²) >= 11 is 0. The molecule has 1 atom stereocenters. The fourth-order valence-corrected chi connectivity index (χ4v) is 3.63. The zero-order chi connectivity index (χ0) is 17.9. The van der Waals surface area contributed by atoms with Gasteiger partial charge in [0, 0.05) is 19.3 Å². The number of hydrogen-bond donors (Lipinski definition) is 1. The van der Waals surface area contributed by atoms with Crippen molar-refractivity contribution in [1.82, 2.24) is 14.7 Å². The molecule has 2 heterocycles. The molecule has 1 fully saturated rings. The minimum atomic E-state index is -0.876. The van der Waals surface area contributed by atoms with Crippen LogP contribution in [-0.4, -0.2) is 38.8 Å². The zero-order valence-electron chi connectivity index (χ0n) is 14.5. The Balaban J connectivity index is 1.44. The number of nitrogens with zero attached hydrogens (tertiary/aromatic N) is 3. The van der Waals surface area contributed by atoms with Gasteiger partial charge in [-0.15, -0.1) is 0 Å². The summed E-state index contributed by atoms with van der Waals surface area (Å²) in [5.41, 5.74) is 3.81. The number of benzene rings is 2. The predicted molar refractivity (Wildman–Crippen MR) is 99.6 cm³/mol. The zero-order valence-corrected chi connectivity index (χ0v) is 14.5. The maximum Gasteiger partial charge on any atom is 0.335 e. The van der Waals surface area contributed by atoms with Crippen molar-refractivity contribution < 1.29 is 9.90 Å². The smallest absolute Gasteiger partial charge is 0.335 e. The fraction of sp³-hybridized carbons (Fsp3) is 0.238. The maximum atomic E-state index is 11.0. The number of carboxylic acids is 1. The van der Waals surface area contributed by atoms with Crippen LogP contribution in [0.4, 0.5) is 0 Å². The first-order chi connectivity index (χ1) is 12.7. The molecule has 2 aromatic carbocycles. The molecule has 132 valence electrons. The first kappa shape index (κ1) is 16.5. The van der Waals surface area contributed by atoms with E-state index >= 15 is 0 Å². The van der Waals surface area contributed by atoms with E-state index in [0.29, 0.717) is 11.5 Å². The SMILES string of the molecule is O=C(O)c1ccc([C@@H]2CCN(Cc3ccnn3-c3ccccc3)C2)cc1. The summed E-state index contributed by atoms with van der Waals surface area (Å²) in [6, 6.07) is 19.5. The van der Waals surface area contributed by atoms with E-state index in [0.717, 1.165) is 31.7 Å². The minimum Gasteiger partial charge on any atom is -0.478 e. The number of hydrogen-bond acceptors (Lipinski definition) is 3. The third-order valence-corrected chi connectivity index (χ3v) is 5.01. The van der Waals surface area contributed by atoms with Gasteiger partial charge in [-0.2, -0.15) is 5.10 Å². The molecule has 3 aromatic rings. The molecule has 5 nitrogen and oxygen atoms in total. The molecule has 1 saturated heterocycles. The van der Waals surface area contributed by atoms with Gasteiger partial charge >= 0.3 is 5.97 Å². The van der Waals surface area contributed by atoms with Crippen LogP contribution >= 0.6 is 0 Å². The fourth-order valence-electron chi connectivity index (χ4n) is 3.63. The Bertz CT molecular complexity index is 887. The molecular formula is C21H21N3O2. The Kier molecular flexibility index (Phi) is 4.54. The quantitative estimate of drug-likeness (QED) is 0.767. The maximum absolute atomic E-state index is 11.0. The monoisotopic (exact) mass is 347 g/mol. The van der Waals surface area contributed by atoms with Crippen molar-refractivity contribution in [3.05, 3.63) is 83.7 Å². The molecular weight excluding hydrogens is 326 g/mol. The van der Waals surface area contributed by atoms with Gasteiger partial charge in [-0.05, 0) is 54.8 Å². The van der Waals surface area contributed by atoms with Gasteiger partial charge in [0.15, 0.2) is 0 Å². The lowest BCUT2D eigenvalue weighted by Crippen LogP contribution is -2.21. The van der Waals surface area contributed by atoms with Crippen molar-refractivity contribution in [3.8, 4) is 5.69 Å². The standard InChI is InChI=1S/C21H21N3O2/c25-21(26)17-8-6-16(7-9-17)18-11-13-23(14-18)15-20-10-12-22-24(20)19-4-2-1-3-5-19/h1-10,12,18H,11,13-15H2,(H,25,26)/t18-/m1/s1. The highest BCUT2D eigenvalue weighted by Crippen LogP contribution is 2.28. The van der Waals surface area contributed by atoms with Gasteiger partial charge in [-0.25, -0.2) is 9.48 Å². The number of aromatic carboxylic acids is 1. The topological polar surface area (TPSA) is 58.4 Å². The molecule has 0 radical (unpaired) electrons. The lowest BCUT2D eigenvalue weighted by Gasteiger charge is -2.17. The van der Waals surface area contributed by atoms with Crippen LogP contribution in [0.5, 0.6) is 0 Å². The van der Waals surface area contributed by atoms with Gasteiger partial charge in [0.1, 0.15) is 0 Å². The van der Waals surface area contributed by atoms with E-state index in [-0.39, 0.29) is 0 Å². The first-order valence-corrected chi connectivity index (χ1v) is 8.84. The molecule has 5 heteroatoms. The van der Waals surface area contributed by atoms with Gasteiger partial charge in [0.2, 0.25) is 0 Å². The summed E-state index contributed by atoms with van der Waals surface area (Å²) in [6.07, 6.45) is 2.94. The molecule has 1 aliphatic rings. The van der Waals surface area contributed by atoms with Crippen LogP contribution in [0.2, 0.25) is 0 Å². The van der Waals surface area contributed by atoms with Crippen LogP contribution in [0.25, 0.3) is 5.69 Å². The number of carbonyl (C=O) groups is 1. The van der Waals surface area contributed by atoms with Crippen molar-refractivity contribution in [2.45, 2.75) is 18.9 Å². The van der Waals surface area contributed by atoms with E-state index in [4.69, 9.17) is 5.11 Å². The number of carboxylic acid groups (broad SMARTS) is 1. The second-order valence-electron chi connectivity index (χ2n) is 6.72. The van der Waals surface area contributed by atoms with E-state index in [1.807, 2.05) is 41.2 Å². The molecule has 0 bridgehead atoms. The van der Waals surface area contributed by atoms with Crippen LogP contribution < -0.4 is 0 Å². The number of likely N-dealkylation sites (tertiary alicyclic amines) is 1. The van der Waals surface area contributed by atoms with Gasteiger partial charge in [-0.1, -0.05) is 30.3 Å². The minimum absolute atomic E-state index is 0.343. The van der Waals surface area contributed by atoms with E-state index in [1.54, 1.807) is 12.1 Å². The highest BCUT2D eigenvalue weighted by atomic mass is 16.4. The van der Waals surface area contributed by atoms with Crippen LogP contribution in [-0.2, 0) is 6.54 Å². The summed E-state index contributed by atoms with van der Waals surface area (Å²) in [5.74, 6) is -0.426. The summed E-state index contributed by atoms with van der Waals surface area (Å²) in [4.78, 5) is 13.4. The largest absolute Gasteiger partial charge is 0.478 e. The Hall–Kier alpha value is -2.92. The van der Waals surface area contributed by atoms with E-state index in [9.17, 15) is 4.79 Å². The number of rotatable bonds is 5.